The molecule has 0 aliphatic heterocycles. The minimum atomic E-state index is 0.189. The molecule has 0 aliphatic rings. The molecule has 2 N–H and O–H groups in total. The summed E-state index contributed by atoms with van der Waals surface area (Å²) in [6.07, 6.45) is 21.5. The van der Waals surface area contributed by atoms with Crippen LogP contribution < -0.4 is 10.6 Å². The summed E-state index contributed by atoms with van der Waals surface area (Å²) in [6.45, 7) is 3.99. The van der Waals surface area contributed by atoms with Crippen LogP contribution >= 0.6 is 21.6 Å². The van der Waals surface area contributed by atoms with E-state index >= 15 is 0 Å². The number of carbonyl (C=O) groups is 2. The lowest BCUT2D eigenvalue weighted by molar-refractivity contribution is -0.870. The summed E-state index contributed by atoms with van der Waals surface area (Å²) in [5.74, 6) is 2.20. The Morgan fingerprint density at radius 3 is 1.02 bits per heavy atom. The van der Waals surface area contributed by atoms with Gasteiger partial charge in [-0.1, -0.05) is 85.8 Å². The van der Waals surface area contributed by atoms with Gasteiger partial charge in [0.25, 0.3) is 0 Å². The summed E-state index contributed by atoms with van der Waals surface area (Å²) in [7, 11) is 17.1. The van der Waals surface area contributed by atoms with Crippen molar-refractivity contribution in [1.82, 2.24) is 10.6 Å². The smallest absolute Gasteiger partial charge is 0.220 e. The third-order valence-electron chi connectivity index (χ3n) is 7.06. The number of hydrogen-bond donors (Lipinski definition) is 2. The fourth-order valence-corrected chi connectivity index (χ4v) is 6.44. The van der Waals surface area contributed by atoms with Crippen molar-refractivity contribution >= 4 is 33.4 Å². The van der Waals surface area contributed by atoms with Crippen molar-refractivity contribution in [2.45, 2.75) is 116 Å². The first kappa shape index (κ1) is 39.6. The zero-order valence-electron chi connectivity index (χ0n) is 27.5. The van der Waals surface area contributed by atoms with Crippen LogP contribution in [0.5, 0.6) is 0 Å². The van der Waals surface area contributed by atoms with E-state index in [1.54, 1.807) is 21.6 Å². The summed E-state index contributed by atoms with van der Waals surface area (Å²) < 4.78 is 2.13. The molecular formula is C32H68N4O2S2+2. The Hall–Kier alpha value is -0.440. The molecule has 0 aromatic rings. The molecule has 40 heavy (non-hydrogen) atoms. The highest BCUT2D eigenvalue weighted by atomic mass is 33.1. The van der Waals surface area contributed by atoms with E-state index in [1.807, 2.05) is 0 Å². The zero-order chi connectivity index (χ0) is 30.0. The Bertz CT molecular complexity index is 555. The molecule has 0 radical (unpaired) electrons. The van der Waals surface area contributed by atoms with Gasteiger partial charge in [-0.3, -0.25) is 9.59 Å². The Morgan fingerprint density at radius 1 is 0.450 bits per heavy atom. The van der Waals surface area contributed by atoms with Gasteiger partial charge in [0.05, 0.1) is 55.4 Å². The predicted octanol–water partition coefficient (Wildman–Crippen LogP) is 7.03. The maximum absolute atomic E-state index is 12.0. The average Bonchev–Trinajstić information content (AvgIpc) is 2.86. The van der Waals surface area contributed by atoms with Crippen LogP contribution in [0.3, 0.4) is 0 Å². The van der Waals surface area contributed by atoms with Crippen molar-refractivity contribution in [3.05, 3.63) is 0 Å². The number of carbonyl (C=O) groups excluding carboxylic acids is 2. The molecule has 0 aromatic carbocycles. The summed E-state index contributed by atoms with van der Waals surface area (Å²) in [5, 5.41) is 6.08. The van der Waals surface area contributed by atoms with Crippen molar-refractivity contribution in [3.8, 4) is 0 Å². The maximum Gasteiger partial charge on any atom is 0.220 e. The van der Waals surface area contributed by atoms with Crippen LogP contribution in [0.2, 0.25) is 0 Å². The van der Waals surface area contributed by atoms with Gasteiger partial charge in [0, 0.05) is 37.4 Å². The van der Waals surface area contributed by atoms with E-state index in [0.717, 1.165) is 46.4 Å². The minimum Gasteiger partial charge on any atom is -0.355 e. The second-order valence-electron chi connectivity index (χ2n) is 13.5. The van der Waals surface area contributed by atoms with E-state index < -0.39 is 0 Å². The van der Waals surface area contributed by atoms with Crippen LogP contribution in [0, 0.1) is 0 Å². The summed E-state index contributed by atoms with van der Waals surface area (Å²) >= 11 is 0. The molecule has 0 aliphatic carbocycles. The predicted molar refractivity (Wildman–Crippen MR) is 180 cm³/mol. The number of nitrogens with zero attached hydrogens (tertiary/aromatic N) is 2. The van der Waals surface area contributed by atoms with Gasteiger partial charge in [0.15, 0.2) is 0 Å². The average molecular weight is 605 g/mol. The van der Waals surface area contributed by atoms with Gasteiger partial charge in [0.2, 0.25) is 11.8 Å². The van der Waals surface area contributed by atoms with Crippen LogP contribution in [0.1, 0.15) is 116 Å². The Labute approximate surface area is 257 Å². The molecule has 0 heterocycles. The maximum atomic E-state index is 12.0. The van der Waals surface area contributed by atoms with Crippen LogP contribution in [-0.2, 0) is 9.59 Å². The van der Waals surface area contributed by atoms with Crippen molar-refractivity contribution in [2.24, 2.45) is 0 Å². The molecule has 0 unspecified atom stereocenters. The molecule has 6 nitrogen and oxygen atoms in total. The van der Waals surface area contributed by atoms with Crippen molar-refractivity contribution in [2.75, 3.05) is 80.0 Å². The van der Waals surface area contributed by atoms with E-state index in [-0.39, 0.29) is 11.8 Å². The summed E-state index contributed by atoms with van der Waals surface area (Å²) in [4.78, 5) is 24.0. The number of nitrogens with one attached hydrogen (secondary N) is 2. The molecule has 0 atom stereocenters. The Morgan fingerprint density at radius 2 is 0.725 bits per heavy atom. The summed E-state index contributed by atoms with van der Waals surface area (Å²) in [5.41, 5.74) is 0. The van der Waals surface area contributed by atoms with Gasteiger partial charge in [0.1, 0.15) is 0 Å². The van der Waals surface area contributed by atoms with Crippen molar-refractivity contribution in [1.29, 1.82) is 0 Å². The largest absolute Gasteiger partial charge is 0.355 e. The summed E-state index contributed by atoms with van der Waals surface area (Å²) in [6, 6.07) is 0. The number of amides is 2. The van der Waals surface area contributed by atoms with E-state index in [9.17, 15) is 9.59 Å². The number of rotatable bonds is 29. The molecule has 0 fully saturated rings. The Balaban J connectivity index is 3.31. The molecule has 0 saturated heterocycles. The second-order valence-corrected chi connectivity index (χ2v) is 16.2. The van der Waals surface area contributed by atoms with E-state index in [0.29, 0.717) is 12.8 Å². The first-order valence-corrected chi connectivity index (χ1v) is 18.9. The number of unbranched alkanes of at least 4 members (excludes halogenated alkanes) is 14. The van der Waals surface area contributed by atoms with Crippen LogP contribution in [0.25, 0.3) is 0 Å². The normalized spacial score (nSPS) is 12.1. The van der Waals surface area contributed by atoms with Crippen LogP contribution in [0.4, 0.5) is 0 Å². The highest BCUT2D eigenvalue weighted by Crippen LogP contribution is 2.19. The van der Waals surface area contributed by atoms with E-state index in [4.69, 9.17) is 0 Å². The van der Waals surface area contributed by atoms with Gasteiger partial charge in [-0.25, -0.2) is 0 Å². The van der Waals surface area contributed by atoms with Gasteiger partial charge in [-0.05, 0) is 38.5 Å². The fraction of sp³-hybridized carbons (Fsp3) is 0.938. The standard InChI is InChI=1S/C32H66N4O2S2/c1-35(2,3)27-21-17-13-9-7-11-15-19-23-31(37)33-25-29-39-40-30-26-34-32(38)24-20-16-12-8-10-14-18-22-28-36(4,5)6/h7-30H2,1-6H3/p+2. The monoisotopic (exact) mass is 604 g/mol. The first-order chi connectivity index (χ1) is 19.0. The lowest BCUT2D eigenvalue weighted by Gasteiger charge is -2.23. The van der Waals surface area contributed by atoms with E-state index in [2.05, 4.69) is 52.9 Å². The van der Waals surface area contributed by atoms with Crippen LogP contribution in [-0.4, -0.2) is 101 Å². The molecule has 0 rings (SSSR count). The minimum absolute atomic E-state index is 0.189. The topological polar surface area (TPSA) is 58.2 Å². The highest BCUT2D eigenvalue weighted by Gasteiger charge is 2.07. The molecule has 2 amide bonds. The SMILES string of the molecule is C[N+](C)(C)CCCCCCCCCCC(=O)NCCSSCCNC(=O)CCCCCCCCCC[N+](C)(C)C. The van der Waals surface area contributed by atoms with Gasteiger partial charge < -0.3 is 19.6 Å². The third kappa shape index (κ3) is 33.8. The molecule has 0 saturated carbocycles. The van der Waals surface area contributed by atoms with Crippen LogP contribution in [0.15, 0.2) is 0 Å². The molecule has 0 aromatic heterocycles. The Kier molecular flexibility index (Phi) is 25.9. The van der Waals surface area contributed by atoms with E-state index in [1.165, 1.54) is 103 Å². The van der Waals surface area contributed by atoms with Gasteiger partial charge in [-0.2, -0.15) is 0 Å². The molecule has 238 valence electrons. The third-order valence-corrected chi connectivity index (χ3v) is 9.47. The van der Waals surface area contributed by atoms with Gasteiger partial charge in [-0.15, -0.1) is 0 Å². The van der Waals surface area contributed by atoms with Gasteiger partial charge >= 0.3 is 0 Å². The quantitative estimate of drug-likeness (QED) is 0.0547. The number of quaternary nitrogens is 2. The molecular weight excluding hydrogens is 537 g/mol. The van der Waals surface area contributed by atoms with Crippen molar-refractivity contribution < 1.29 is 18.6 Å². The van der Waals surface area contributed by atoms with Crippen molar-refractivity contribution in [3.63, 3.8) is 0 Å². The molecule has 0 bridgehead atoms. The first-order valence-electron chi connectivity index (χ1n) is 16.4. The molecule has 8 heteroatoms. The second kappa shape index (κ2) is 26.2. The lowest BCUT2D eigenvalue weighted by atomic mass is 10.1. The highest BCUT2D eigenvalue weighted by molar-refractivity contribution is 8.76. The molecule has 0 spiro atoms. The lowest BCUT2D eigenvalue weighted by Crippen LogP contribution is -2.35. The fourth-order valence-electron chi connectivity index (χ4n) is 4.62. The zero-order valence-corrected chi connectivity index (χ0v) is 29.1. The number of hydrogen-bond acceptors (Lipinski definition) is 4.